The number of ether oxygens (including phenoxy) is 1. The average Bonchev–Trinajstić information content (AvgIpc) is 3.26. The van der Waals surface area contributed by atoms with Crippen LogP contribution in [0.1, 0.15) is 18.4 Å². The number of rotatable bonds is 8. The lowest BCUT2D eigenvalue weighted by atomic mass is 10.1. The van der Waals surface area contributed by atoms with E-state index in [1.807, 2.05) is 0 Å². The predicted molar refractivity (Wildman–Crippen MR) is 71.5 cm³/mol. The van der Waals surface area contributed by atoms with E-state index >= 15 is 0 Å². The summed E-state index contributed by atoms with van der Waals surface area (Å²) in [7, 11) is 0. The summed E-state index contributed by atoms with van der Waals surface area (Å²) >= 11 is 0. The van der Waals surface area contributed by atoms with Crippen molar-refractivity contribution in [3.8, 4) is 5.75 Å². The number of nitro groups is 1. The van der Waals surface area contributed by atoms with Gasteiger partial charge in [0.05, 0.1) is 11.5 Å². The van der Waals surface area contributed by atoms with E-state index in [4.69, 9.17) is 9.84 Å². The molecule has 0 spiro atoms. The van der Waals surface area contributed by atoms with Crippen LogP contribution < -0.4 is 10.1 Å². The summed E-state index contributed by atoms with van der Waals surface area (Å²) in [6.45, 7) is 0.0459. The Balaban J connectivity index is 2.08. The van der Waals surface area contributed by atoms with Crippen LogP contribution in [0.3, 0.4) is 0 Å². The summed E-state index contributed by atoms with van der Waals surface area (Å²) < 4.78 is 5.40. The molecule has 1 aromatic carbocycles. The van der Waals surface area contributed by atoms with Gasteiger partial charge in [0.2, 0.25) is 0 Å². The number of non-ortho nitro benzene ring substituents is 1. The molecule has 1 fully saturated rings. The number of hydrogen-bond donors (Lipinski definition) is 3. The Morgan fingerprint density at radius 2 is 2.25 bits per heavy atom. The fourth-order valence-electron chi connectivity index (χ4n) is 1.74. The fourth-order valence-corrected chi connectivity index (χ4v) is 1.74. The van der Waals surface area contributed by atoms with Gasteiger partial charge < -0.3 is 20.3 Å². The van der Waals surface area contributed by atoms with E-state index in [1.165, 1.54) is 18.2 Å². The lowest BCUT2D eigenvalue weighted by molar-refractivity contribution is -0.384. The van der Waals surface area contributed by atoms with Crippen LogP contribution in [0.4, 0.5) is 5.69 Å². The summed E-state index contributed by atoms with van der Waals surface area (Å²) in [5, 5.41) is 32.1. The second kappa shape index (κ2) is 6.65. The van der Waals surface area contributed by atoms with Crippen LogP contribution in [0, 0.1) is 10.1 Å². The third-order valence-electron chi connectivity index (χ3n) is 3.06. The van der Waals surface area contributed by atoms with Crippen molar-refractivity contribution in [2.75, 3.05) is 13.2 Å². The van der Waals surface area contributed by atoms with Crippen LogP contribution >= 0.6 is 0 Å². The van der Waals surface area contributed by atoms with Crippen LogP contribution in [-0.2, 0) is 6.54 Å². The van der Waals surface area contributed by atoms with Crippen LogP contribution in [-0.4, -0.2) is 40.5 Å². The van der Waals surface area contributed by atoms with Gasteiger partial charge in [-0.25, -0.2) is 0 Å². The van der Waals surface area contributed by atoms with Gasteiger partial charge in [0.1, 0.15) is 18.5 Å². The van der Waals surface area contributed by atoms with E-state index in [1.54, 1.807) is 0 Å². The average molecular weight is 282 g/mol. The minimum absolute atomic E-state index is 0.00709. The summed E-state index contributed by atoms with van der Waals surface area (Å²) in [5.41, 5.74) is 0.684. The molecule has 0 radical (unpaired) electrons. The first-order valence-electron chi connectivity index (χ1n) is 6.52. The molecule has 1 atom stereocenters. The first-order chi connectivity index (χ1) is 9.60. The zero-order valence-electron chi connectivity index (χ0n) is 11.0. The summed E-state index contributed by atoms with van der Waals surface area (Å²) in [5.74, 6) is 0.483. The molecule has 0 aromatic heterocycles. The minimum atomic E-state index is -0.963. The molecule has 1 saturated carbocycles. The van der Waals surface area contributed by atoms with Gasteiger partial charge in [-0.05, 0) is 18.9 Å². The smallest absolute Gasteiger partial charge is 0.270 e. The maximum atomic E-state index is 10.8. The third kappa shape index (κ3) is 4.16. The molecule has 3 N–H and O–H groups in total. The molecule has 7 nitrogen and oxygen atoms in total. The highest BCUT2D eigenvalue weighted by molar-refractivity contribution is 5.43. The van der Waals surface area contributed by atoms with Gasteiger partial charge in [0.25, 0.3) is 5.69 Å². The first-order valence-corrected chi connectivity index (χ1v) is 6.52. The van der Waals surface area contributed by atoms with Crippen molar-refractivity contribution < 1.29 is 19.9 Å². The lowest BCUT2D eigenvalue weighted by Gasteiger charge is -2.14. The normalized spacial score (nSPS) is 15.9. The summed E-state index contributed by atoms with van der Waals surface area (Å²) in [6, 6.07) is 4.83. The molecule has 0 bridgehead atoms. The Morgan fingerprint density at radius 1 is 1.50 bits per heavy atom. The molecule has 0 aliphatic heterocycles. The Labute approximate surface area is 116 Å². The van der Waals surface area contributed by atoms with E-state index in [0.29, 0.717) is 23.9 Å². The summed E-state index contributed by atoms with van der Waals surface area (Å²) in [6.07, 6.45) is 1.28. The molecule has 0 heterocycles. The van der Waals surface area contributed by atoms with Gasteiger partial charge in [-0.3, -0.25) is 10.1 Å². The van der Waals surface area contributed by atoms with Gasteiger partial charge in [-0.2, -0.15) is 0 Å². The van der Waals surface area contributed by atoms with Gasteiger partial charge >= 0.3 is 0 Å². The standard InChI is InChI=1S/C13H18N2O5/c16-7-12(17)8-20-13-4-3-11(15(18)19)5-9(13)6-14-10-1-2-10/h3-5,10,12,14,16-17H,1-2,6-8H2. The molecule has 7 heteroatoms. The first kappa shape index (κ1) is 14.7. The SMILES string of the molecule is O=[N+]([O-])c1ccc(OCC(O)CO)c(CNC2CC2)c1. The number of nitrogens with one attached hydrogen (secondary N) is 1. The molecule has 2 rings (SSSR count). The number of aliphatic hydroxyl groups excluding tert-OH is 2. The van der Waals surface area contributed by atoms with E-state index in [2.05, 4.69) is 5.32 Å². The molecule has 1 aliphatic rings. The minimum Gasteiger partial charge on any atom is -0.490 e. The fraction of sp³-hybridized carbons (Fsp3) is 0.538. The second-order valence-electron chi connectivity index (χ2n) is 4.85. The molecule has 20 heavy (non-hydrogen) atoms. The maximum Gasteiger partial charge on any atom is 0.270 e. The highest BCUT2D eigenvalue weighted by Crippen LogP contribution is 2.26. The molecular formula is C13H18N2O5. The lowest BCUT2D eigenvalue weighted by Crippen LogP contribution is -2.22. The van der Waals surface area contributed by atoms with Crippen molar-refractivity contribution in [2.24, 2.45) is 0 Å². The Bertz CT molecular complexity index is 476. The number of nitrogens with zero attached hydrogens (tertiary/aromatic N) is 1. The largest absolute Gasteiger partial charge is 0.490 e. The molecule has 0 amide bonds. The van der Waals surface area contributed by atoms with E-state index < -0.39 is 11.0 Å². The maximum absolute atomic E-state index is 10.8. The molecule has 1 unspecified atom stereocenters. The predicted octanol–water partition coefficient (Wildman–Crippen LogP) is 0.579. The summed E-state index contributed by atoms with van der Waals surface area (Å²) in [4.78, 5) is 10.3. The Kier molecular flexibility index (Phi) is 4.89. The van der Waals surface area contributed by atoms with E-state index in [0.717, 1.165) is 12.8 Å². The van der Waals surface area contributed by atoms with Gasteiger partial charge in [0, 0.05) is 30.3 Å². The molecule has 0 saturated heterocycles. The molecule has 1 aliphatic carbocycles. The number of nitro benzene ring substituents is 1. The van der Waals surface area contributed by atoms with E-state index in [9.17, 15) is 15.2 Å². The Morgan fingerprint density at radius 3 is 2.85 bits per heavy atom. The van der Waals surface area contributed by atoms with Gasteiger partial charge in [-0.15, -0.1) is 0 Å². The number of benzene rings is 1. The van der Waals surface area contributed by atoms with Crippen LogP contribution in [0.2, 0.25) is 0 Å². The molecule has 110 valence electrons. The van der Waals surface area contributed by atoms with Gasteiger partial charge in [-0.1, -0.05) is 0 Å². The van der Waals surface area contributed by atoms with Crippen molar-refractivity contribution >= 4 is 5.69 Å². The second-order valence-corrected chi connectivity index (χ2v) is 4.85. The highest BCUT2D eigenvalue weighted by atomic mass is 16.6. The molecular weight excluding hydrogens is 264 g/mol. The van der Waals surface area contributed by atoms with Crippen LogP contribution in [0.5, 0.6) is 5.75 Å². The van der Waals surface area contributed by atoms with Crippen LogP contribution in [0.25, 0.3) is 0 Å². The monoisotopic (exact) mass is 282 g/mol. The van der Waals surface area contributed by atoms with Crippen molar-refractivity contribution in [1.82, 2.24) is 5.32 Å². The zero-order chi connectivity index (χ0) is 14.5. The van der Waals surface area contributed by atoms with Crippen LogP contribution in [0.15, 0.2) is 18.2 Å². The van der Waals surface area contributed by atoms with Crippen molar-refractivity contribution in [1.29, 1.82) is 0 Å². The number of hydrogen-bond acceptors (Lipinski definition) is 6. The highest BCUT2D eigenvalue weighted by Gasteiger charge is 2.21. The van der Waals surface area contributed by atoms with E-state index in [-0.39, 0.29) is 18.9 Å². The van der Waals surface area contributed by atoms with Crippen molar-refractivity contribution in [2.45, 2.75) is 31.5 Å². The quantitative estimate of drug-likeness (QED) is 0.476. The van der Waals surface area contributed by atoms with Crippen molar-refractivity contribution in [3.05, 3.63) is 33.9 Å². The topological polar surface area (TPSA) is 105 Å². The molecule has 1 aromatic rings. The number of aliphatic hydroxyl groups is 2. The third-order valence-corrected chi connectivity index (χ3v) is 3.06. The van der Waals surface area contributed by atoms with Gasteiger partial charge in [0.15, 0.2) is 0 Å². The zero-order valence-corrected chi connectivity index (χ0v) is 11.0. The van der Waals surface area contributed by atoms with Crippen molar-refractivity contribution in [3.63, 3.8) is 0 Å². The Hall–Kier alpha value is -1.70.